The average Bonchev–Trinajstić information content (AvgIpc) is 3.18. The average molecular weight is 262 g/mol. The molecule has 3 heteroatoms. The quantitative estimate of drug-likeness (QED) is 0.842. The minimum absolute atomic E-state index is 0.361. The molecule has 0 aromatic carbocycles. The van der Waals surface area contributed by atoms with Gasteiger partial charge in [-0.3, -0.25) is 4.79 Å². The molecule has 5 aliphatic carbocycles. The van der Waals surface area contributed by atoms with Crippen LogP contribution >= 0.6 is 0 Å². The van der Waals surface area contributed by atoms with Gasteiger partial charge in [0.2, 0.25) is 5.91 Å². The smallest absolute Gasteiger partial charge is 0.226 e. The van der Waals surface area contributed by atoms with Gasteiger partial charge in [0.15, 0.2) is 0 Å². The number of nitrogens with zero attached hydrogens (tertiary/aromatic N) is 1. The van der Waals surface area contributed by atoms with Gasteiger partial charge < -0.3 is 10.6 Å². The maximum Gasteiger partial charge on any atom is 0.226 e. The van der Waals surface area contributed by atoms with Gasteiger partial charge in [-0.2, -0.15) is 0 Å². The van der Waals surface area contributed by atoms with E-state index in [1.807, 2.05) is 0 Å². The largest absolute Gasteiger partial charge is 0.338 e. The van der Waals surface area contributed by atoms with E-state index in [0.29, 0.717) is 36.2 Å². The monoisotopic (exact) mass is 262 g/mol. The zero-order valence-corrected chi connectivity index (χ0v) is 11.8. The van der Waals surface area contributed by atoms with E-state index in [-0.39, 0.29) is 0 Å². The number of nitrogens with two attached hydrogens (primary N) is 1. The lowest BCUT2D eigenvalue weighted by molar-refractivity contribution is -0.149. The standard InChI is InChI=1S/C16H26N2O/c17-3-4-18(14-1-2-14)16(19)15-12-6-10-5-11(8-12)9-13(15)7-10/h10-15H,1-9,17H2. The van der Waals surface area contributed by atoms with Crippen molar-refractivity contribution in [2.45, 2.75) is 51.0 Å². The molecule has 106 valence electrons. The second kappa shape index (κ2) is 4.47. The first-order valence-electron chi connectivity index (χ1n) is 8.26. The maximum atomic E-state index is 13.0. The molecule has 0 heterocycles. The van der Waals surface area contributed by atoms with E-state index in [4.69, 9.17) is 5.73 Å². The first kappa shape index (κ1) is 12.2. The van der Waals surface area contributed by atoms with Gasteiger partial charge in [0.05, 0.1) is 0 Å². The van der Waals surface area contributed by atoms with E-state index in [1.54, 1.807) is 0 Å². The summed E-state index contributed by atoms with van der Waals surface area (Å²) >= 11 is 0. The van der Waals surface area contributed by atoms with E-state index in [9.17, 15) is 4.79 Å². The summed E-state index contributed by atoms with van der Waals surface area (Å²) in [6, 6.07) is 0.535. The fourth-order valence-corrected chi connectivity index (χ4v) is 5.52. The van der Waals surface area contributed by atoms with E-state index < -0.39 is 0 Å². The SMILES string of the molecule is NCCN(C(=O)C1C2CC3CC(C2)CC1C3)C1CC1. The van der Waals surface area contributed by atoms with Crippen molar-refractivity contribution in [2.24, 2.45) is 35.3 Å². The Morgan fingerprint density at radius 2 is 1.58 bits per heavy atom. The van der Waals surface area contributed by atoms with Crippen molar-refractivity contribution in [3.8, 4) is 0 Å². The van der Waals surface area contributed by atoms with Crippen LogP contribution in [0.4, 0.5) is 0 Å². The van der Waals surface area contributed by atoms with Crippen molar-refractivity contribution in [3.63, 3.8) is 0 Å². The fourth-order valence-electron chi connectivity index (χ4n) is 5.52. The van der Waals surface area contributed by atoms with Crippen LogP contribution in [0.5, 0.6) is 0 Å². The van der Waals surface area contributed by atoms with Gasteiger partial charge >= 0.3 is 0 Å². The molecule has 5 saturated carbocycles. The summed E-state index contributed by atoms with van der Waals surface area (Å²) in [5, 5.41) is 0. The molecule has 0 aliphatic heterocycles. The summed E-state index contributed by atoms with van der Waals surface area (Å²) in [6.07, 6.45) is 9.23. The lowest BCUT2D eigenvalue weighted by Gasteiger charge is -2.54. The summed E-state index contributed by atoms with van der Waals surface area (Å²) in [5.74, 6) is 4.16. The summed E-state index contributed by atoms with van der Waals surface area (Å²) in [4.78, 5) is 15.1. The van der Waals surface area contributed by atoms with Crippen molar-refractivity contribution in [1.29, 1.82) is 0 Å². The van der Waals surface area contributed by atoms with Crippen LogP contribution in [-0.2, 0) is 4.79 Å². The van der Waals surface area contributed by atoms with Gasteiger partial charge in [0.1, 0.15) is 0 Å². The maximum absolute atomic E-state index is 13.0. The molecule has 0 aromatic rings. The Kier molecular flexibility index (Phi) is 2.87. The van der Waals surface area contributed by atoms with Gasteiger partial charge in [-0.15, -0.1) is 0 Å². The molecule has 0 atom stereocenters. The summed E-state index contributed by atoms with van der Waals surface area (Å²) in [6.45, 7) is 1.40. The first-order valence-corrected chi connectivity index (χ1v) is 8.26. The zero-order valence-electron chi connectivity index (χ0n) is 11.8. The highest BCUT2D eigenvalue weighted by Crippen LogP contribution is 2.57. The summed E-state index contributed by atoms with van der Waals surface area (Å²) < 4.78 is 0. The van der Waals surface area contributed by atoms with Crippen LogP contribution in [0, 0.1) is 29.6 Å². The van der Waals surface area contributed by atoms with E-state index >= 15 is 0 Å². The Labute approximate surface area is 115 Å². The molecule has 19 heavy (non-hydrogen) atoms. The number of rotatable bonds is 4. The van der Waals surface area contributed by atoms with Crippen molar-refractivity contribution >= 4 is 5.91 Å². The highest BCUT2D eigenvalue weighted by Gasteiger charge is 2.52. The molecule has 0 aromatic heterocycles. The fraction of sp³-hybridized carbons (Fsp3) is 0.938. The van der Waals surface area contributed by atoms with Gasteiger partial charge in [-0.1, -0.05) is 0 Å². The topological polar surface area (TPSA) is 46.3 Å². The molecule has 0 spiro atoms. The summed E-state index contributed by atoms with van der Waals surface area (Å²) in [5.41, 5.74) is 5.71. The zero-order chi connectivity index (χ0) is 13.0. The molecule has 0 radical (unpaired) electrons. The lowest BCUT2D eigenvalue weighted by atomic mass is 9.51. The molecule has 5 aliphatic rings. The van der Waals surface area contributed by atoms with E-state index in [2.05, 4.69) is 4.90 Å². The number of carbonyl (C=O) groups excluding carboxylic acids is 1. The highest BCUT2D eigenvalue weighted by atomic mass is 16.2. The van der Waals surface area contributed by atoms with Crippen LogP contribution in [0.25, 0.3) is 0 Å². The Hall–Kier alpha value is -0.570. The van der Waals surface area contributed by atoms with Gasteiger partial charge in [-0.05, 0) is 68.6 Å². The Morgan fingerprint density at radius 1 is 1.00 bits per heavy atom. The minimum Gasteiger partial charge on any atom is -0.338 e. The first-order chi connectivity index (χ1) is 9.26. The Morgan fingerprint density at radius 3 is 2.05 bits per heavy atom. The molecule has 3 nitrogen and oxygen atoms in total. The molecule has 2 N–H and O–H groups in total. The lowest BCUT2D eigenvalue weighted by Crippen LogP contribution is -2.53. The van der Waals surface area contributed by atoms with Crippen LogP contribution in [0.2, 0.25) is 0 Å². The molecule has 5 rings (SSSR count). The Balaban J connectivity index is 1.53. The summed E-state index contributed by atoms with van der Waals surface area (Å²) in [7, 11) is 0. The normalized spacial score (nSPS) is 43.5. The third-order valence-corrected chi connectivity index (χ3v) is 6.15. The van der Waals surface area contributed by atoms with E-state index in [1.165, 1.54) is 44.9 Å². The van der Waals surface area contributed by atoms with Crippen molar-refractivity contribution in [3.05, 3.63) is 0 Å². The van der Waals surface area contributed by atoms with Crippen LogP contribution in [0.3, 0.4) is 0 Å². The third-order valence-electron chi connectivity index (χ3n) is 6.15. The second-order valence-electron chi connectivity index (χ2n) is 7.51. The van der Waals surface area contributed by atoms with Gasteiger partial charge in [-0.25, -0.2) is 0 Å². The second-order valence-corrected chi connectivity index (χ2v) is 7.51. The highest BCUT2D eigenvalue weighted by molar-refractivity contribution is 5.80. The molecular formula is C16H26N2O. The van der Waals surface area contributed by atoms with Crippen LogP contribution in [0.1, 0.15) is 44.9 Å². The number of carbonyl (C=O) groups is 1. The predicted octanol–water partition coefficient (Wildman–Crippen LogP) is 2.01. The molecule has 0 saturated heterocycles. The predicted molar refractivity (Wildman–Crippen MR) is 74.3 cm³/mol. The van der Waals surface area contributed by atoms with Crippen molar-refractivity contribution in [2.75, 3.05) is 13.1 Å². The van der Waals surface area contributed by atoms with E-state index in [0.717, 1.165) is 18.4 Å². The van der Waals surface area contributed by atoms with Crippen LogP contribution in [0.15, 0.2) is 0 Å². The molecule has 5 fully saturated rings. The molecule has 4 bridgehead atoms. The van der Waals surface area contributed by atoms with Crippen molar-refractivity contribution < 1.29 is 4.79 Å². The molecule has 0 unspecified atom stereocenters. The Bertz CT molecular complexity index is 349. The number of hydrogen-bond donors (Lipinski definition) is 1. The number of hydrogen-bond acceptors (Lipinski definition) is 2. The van der Waals surface area contributed by atoms with Gasteiger partial charge in [0.25, 0.3) is 0 Å². The van der Waals surface area contributed by atoms with Crippen LogP contribution in [-0.4, -0.2) is 29.9 Å². The number of amides is 1. The molecular weight excluding hydrogens is 236 g/mol. The molecule has 1 amide bonds. The third kappa shape index (κ3) is 2.01. The van der Waals surface area contributed by atoms with Gasteiger partial charge in [0, 0.05) is 25.0 Å². The minimum atomic E-state index is 0.361. The van der Waals surface area contributed by atoms with Crippen molar-refractivity contribution in [1.82, 2.24) is 4.90 Å². The van der Waals surface area contributed by atoms with Crippen LogP contribution < -0.4 is 5.73 Å².